The third-order valence-electron chi connectivity index (χ3n) is 18.7. The van der Waals surface area contributed by atoms with E-state index >= 15 is 0 Å². The molecular weight excluding hydrogens is 1100 g/mol. The average Bonchev–Trinajstić information content (AvgIpc) is 3.64. The van der Waals surface area contributed by atoms with Gasteiger partial charge in [0.25, 0.3) is 7.82 Å². The van der Waals surface area contributed by atoms with Gasteiger partial charge in [0, 0.05) is 6.42 Å². The standard InChI is InChI=1S/C79H157N2O6P/c1-6-8-10-12-14-16-18-20-22-24-26-28-30-32-34-36-38-39-40-41-43-45-47-49-51-53-55-57-59-61-63-65-67-69-71-73-79(83)80-77(76-87-88(84,85)86-75-74-81(3,4)5)78(82)72-70-68-66-64-62-60-58-56-54-52-50-48-46-44-42-37-35-33-31-29-27-25-23-21-19-17-15-13-11-9-7-2/h24,26,70,72,77-78,82H,6-23,25,27-69,71,73-76H2,1-5H3,(H-,80,83,84,85)/b26-24-,72-70+. The van der Waals surface area contributed by atoms with Gasteiger partial charge in [0.1, 0.15) is 13.2 Å². The second kappa shape index (κ2) is 70.3. The molecule has 0 saturated carbocycles. The summed E-state index contributed by atoms with van der Waals surface area (Å²) in [5.41, 5.74) is 0. The number of nitrogens with one attached hydrogen (secondary N) is 1. The molecule has 9 heteroatoms. The predicted molar refractivity (Wildman–Crippen MR) is 385 cm³/mol. The van der Waals surface area contributed by atoms with Crippen LogP contribution in [-0.2, 0) is 18.4 Å². The third kappa shape index (κ3) is 72.4. The third-order valence-corrected chi connectivity index (χ3v) is 19.6. The zero-order valence-electron chi connectivity index (χ0n) is 60.2. The summed E-state index contributed by atoms with van der Waals surface area (Å²) in [6.07, 6.45) is 93.5. The van der Waals surface area contributed by atoms with E-state index in [4.69, 9.17) is 9.05 Å². The van der Waals surface area contributed by atoms with Gasteiger partial charge < -0.3 is 28.8 Å². The fourth-order valence-corrected chi connectivity index (χ4v) is 13.2. The van der Waals surface area contributed by atoms with E-state index in [0.29, 0.717) is 17.4 Å². The number of phosphoric acid groups is 1. The molecule has 8 nitrogen and oxygen atoms in total. The molecule has 0 fully saturated rings. The summed E-state index contributed by atoms with van der Waals surface area (Å²) in [5.74, 6) is -0.187. The minimum atomic E-state index is -4.60. The Hall–Kier alpha value is -1.02. The molecule has 0 aromatic heterocycles. The molecule has 0 aromatic rings. The zero-order valence-corrected chi connectivity index (χ0v) is 61.1. The number of phosphoric ester groups is 1. The van der Waals surface area contributed by atoms with Crippen molar-refractivity contribution in [3.63, 3.8) is 0 Å². The fourth-order valence-electron chi connectivity index (χ4n) is 12.5. The van der Waals surface area contributed by atoms with Crippen molar-refractivity contribution in [1.82, 2.24) is 5.32 Å². The molecule has 1 amide bonds. The van der Waals surface area contributed by atoms with Crippen LogP contribution in [0.15, 0.2) is 24.3 Å². The maximum atomic E-state index is 13.1. The molecule has 0 bridgehead atoms. The van der Waals surface area contributed by atoms with Gasteiger partial charge in [0.05, 0.1) is 39.9 Å². The Morgan fingerprint density at radius 1 is 0.386 bits per heavy atom. The molecule has 0 heterocycles. The first kappa shape index (κ1) is 87.0. The van der Waals surface area contributed by atoms with E-state index < -0.39 is 20.0 Å². The molecule has 0 aromatic carbocycles. The number of rotatable bonds is 75. The summed E-state index contributed by atoms with van der Waals surface area (Å²) in [7, 11) is 1.29. The van der Waals surface area contributed by atoms with Crippen LogP contribution in [0.1, 0.15) is 425 Å². The summed E-state index contributed by atoms with van der Waals surface area (Å²) in [6.45, 7) is 4.72. The van der Waals surface area contributed by atoms with Crippen molar-refractivity contribution >= 4 is 13.7 Å². The molecule has 2 N–H and O–H groups in total. The van der Waals surface area contributed by atoms with Crippen molar-refractivity contribution < 1.29 is 32.9 Å². The predicted octanol–water partition coefficient (Wildman–Crippen LogP) is 25.2. The lowest BCUT2D eigenvalue weighted by Gasteiger charge is -2.29. The van der Waals surface area contributed by atoms with E-state index in [-0.39, 0.29) is 19.1 Å². The largest absolute Gasteiger partial charge is 0.756 e. The van der Waals surface area contributed by atoms with Crippen LogP contribution in [0.5, 0.6) is 0 Å². The molecule has 0 spiro atoms. The van der Waals surface area contributed by atoms with Crippen LogP contribution in [0.2, 0.25) is 0 Å². The second-order valence-corrected chi connectivity index (χ2v) is 30.2. The minimum Gasteiger partial charge on any atom is -0.756 e. The Labute approximate surface area is 551 Å². The number of hydrogen-bond donors (Lipinski definition) is 2. The Kier molecular flexibility index (Phi) is 69.5. The lowest BCUT2D eigenvalue weighted by molar-refractivity contribution is -0.870. The molecular formula is C79H157N2O6P. The summed E-state index contributed by atoms with van der Waals surface area (Å²) in [4.78, 5) is 25.7. The van der Waals surface area contributed by atoms with E-state index in [1.165, 1.54) is 366 Å². The molecule has 0 aliphatic rings. The number of quaternary nitrogens is 1. The lowest BCUT2D eigenvalue weighted by atomic mass is 10.0. The van der Waals surface area contributed by atoms with Crippen molar-refractivity contribution in [3.05, 3.63) is 24.3 Å². The molecule has 3 unspecified atom stereocenters. The SMILES string of the molecule is CCCCCCCCCC/C=C\CCCCCCCCCCCCCCCCCCCCCCCCCC(=O)NC(COP(=O)([O-])OCC[N+](C)(C)C)C(O)/C=C/CCCCCCCCCCCCCCCCCCCCCCCCCCCCCCC. The molecule has 88 heavy (non-hydrogen) atoms. The number of nitrogens with zero attached hydrogens (tertiary/aromatic N) is 1. The molecule has 524 valence electrons. The number of likely N-dealkylation sites (N-methyl/N-ethyl adjacent to an activating group) is 1. The molecule has 0 radical (unpaired) electrons. The van der Waals surface area contributed by atoms with Crippen molar-refractivity contribution in [1.29, 1.82) is 0 Å². The molecule has 0 rings (SSSR count). The highest BCUT2D eigenvalue weighted by molar-refractivity contribution is 7.45. The van der Waals surface area contributed by atoms with Gasteiger partial charge in [0.2, 0.25) is 5.91 Å². The minimum absolute atomic E-state index is 0.00233. The van der Waals surface area contributed by atoms with E-state index in [2.05, 4.69) is 31.3 Å². The van der Waals surface area contributed by atoms with Crippen molar-refractivity contribution in [3.8, 4) is 0 Å². The van der Waals surface area contributed by atoms with Crippen LogP contribution in [0.25, 0.3) is 0 Å². The van der Waals surface area contributed by atoms with Crippen LogP contribution in [0, 0.1) is 0 Å². The quantitative estimate of drug-likeness (QED) is 0.0272. The van der Waals surface area contributed by atoms with Crippen LogP contribution >= 0.6 is 7.82 Å². The Bertz CT molecular complexity index is 1480. The highest BCUT2D eigenvalue weighted by Crippen LogP contribution is 2.38. The number of aliphatic hydroxyl groups is 1. The smallest absolute Gasteiger partial charge is 0.268 e. The zero-order chi connectivity index (χ0) is 64.1. The first-order chi connectivity index (χ1) is 43.0. The first-order valence-corrected chi connectivity index (χ1v) is 41.2. The van der Waals surface area contributed by atoms with Gasteiger partial charge in [-0.2, -0.15) is 0 Å². The van der Waals surface area contributed by atoms with Crippen molar-refractivity contribution in [2.24, 2.45) is 0 Å². The van der Waals surface area contributed by atoms with E-state index in [1.54, 1.807) is 6.08 Å². The monoisotopic (exact) mass is 1260 g/mol. The normalized spacial score (nSPS) is 13.6. The number of carbonyl (C=O) groups is 1. The summed E-state index contributed by atoms with van der Waals surface area (Å²) in [6, 6.07) is -0.886. The van der Waals surface area contributed by atoms with Crippen molar-refractivity contribution in [2.75, 3.05) is 40.9 Å². The number of aliphatic hydroxyl groups excluding tert-OH is 1. The van der Waals surface area contributed by atoms with E-state index in [9.17, 15) is 19.4 Å². The van der Waals surface area contributed by atoms with Gasteiger partial charge in [-0.05, 0) is 44.9 Å². The number of hydrogen-bond acceptors (Lipinski definition) is 6. The van der Waals surface area contributed by atoms with Crippen LogP contribution in [0.3, 0.4) is 0 Å². The van der Waals surface area contributed by atoms with E-state index in [0.717, 1.165) is 38.5 Å². The number of carbonyl (C=O) groups excluding carboxylic acids is 1. The maximum Gasteiger partial charge on any atom is 0.268 e. The number of allylic oxidation sites excluding steroid dienone is 3. The maximum absolute atomic E-state index is 13.1. The fraction of sp³-hybridized carbons (Fsp3) is 0.937. The van der Waals surface area contributed by atoms with Gasteiger partial charge in [-0.3, -0.25) is 9.36 Å². The van der Waals surface area contributed by atoms with Crippen molar-refractivity contribution in [2.45, 2.75) is 437 Å². The molecule has 0 aliphatic carbocycles. The first-order valence-electron chi connectivity index (χ1n) is 39.7. The van der Waals surface area contributed by atoms with Crippen LogP contribution in [0.4, 0.5) is 0 Å². The molecule has 0 saturated heterocycles. The number of amides is 1. The molecule has 0 aliphatic heterocycles. The summed E-state index contributed by atoms with van der Waals surface area (Å²) in [5, 5.41) is 14.0. The van der Waals surface area contributed by atoms with Crippen LogP contribution < -0.4 is 10.2 Å². The molecule has 3 atom stereocenters. The number of unbranched alkanes of at least 4 members (excludes halogenated alkanes) is 60. The Morgan fingerprint density at radius 3 is 0.886 bits per heavy atom. The highest BCUT2D eigenvalue weighted by atomic mass is 31.2. The summed E-state index contributed by atoms with van der Waals surface area (Å²) < 4.78 is 23.5. The van der Waals surface area contributed by atoms with E-state index in [1.807, 2.05) is 27.2 Å². The lowest BCUT2D eigenvalue weighted by Crippen LogP contribution is -2.45. The van der Waals surface area contributed by atoms with Crippen LogP contribution in [-0.4, -0.2) is 68.5 Å². The van der Waals surface area contributed by atoms with Gasteiger partial charge in [-0.15, -0.1) is 0 Å². The topological polar surface area (TPSA) is 108 Å². The summed E-state index contributed by atoms with van der Waals surface area (Å²) >= 11 is 0. The van der Waals surface area contributed by atoms with Gasteiger partial charge in [-0.1, -0.05) is 398 Å². The second-order valence-electron chi connectivity index (χ2n) is 28.8. The Morgan fingerprint density at radius 2 is 0.625 bits per heavy atom. The average molecular weight is 1260 g/mol. The Balaban J connectivity index is 3.95. The van der Waals surface area contributed by atoms with Gasteiger partial charge in [-0.25, -0.2) is 0 Å². The van der Waals surface area contributed by atoms with Gasteiger partial charge in [0.15, 0.2) is 0 Å². The van der Waals surface area contributed by atoms with Gasteiger partial charge >= 0.3 is 0 Å². The highest BCUT2D eigenvalue weighted by Gasteiger charge is 2.23.